The van der Waals surface area contributed by atoms with E-state index in [0.717, 1.165) is 11.3 Å². The van der Waals surface area contributed by atoms with Gasteiger partial charge in [-0.1, -0.05) is 30.3 Å². The number of rotatable bonds is 7. The summed E-state index contributed by atoms with van der Waals surface area (Å²) in [5, 5.41) is 3.05. The fourth-order valence-corrected chi connectivity index (χ4v) is 5.02. The summed E-state index contributed by atoms with van der Waals surface area (Å²) in [5.41, 5.74) is 1.01. The van der Waals surface area contributed by atoms with Gasteiger partial charge in [-0.3, -0.25) is 4.79 Å². The third-order valence-corrected chi connectivity index (χ3v) is 7.17. The number of piperidine rings is 1. The van der Waals surface area contributed by atoms with E-state index in [9.17, 15) is 13.2 Å². The Hall–Kier alpha value is -2.38. The monoisotopic (exact) mass is 416 g/mol. The van der Waals surface area contributed by atoms with E-state index >= 15 is 0 Å². The Morgan fingerprint density at radius 2 is 1.72 bits per heavy atom. The van der Waals surface area contributed by atoms with Crippen LogP contribution in [0.25, 0.3) is 0 Å². The maximum absolute atomic E-state index is 12.7. The lowest BCUT2D eigenvalue weighted by Gasteiger charge is -2.31. The van der Waals surface area contributed by atoms with Gasteiger partial charge in [0, 0.05) is 19.0 Å². The summed E-state index contributed by atoms with van der Waals surface area (Å²) in [4.78, 5) is 13.0. The van der Waals surface area contributed by atoms with Gasteiger partial charge in [0.15, 0.2) is 0 Å². The smallest absolute Gasteiger partial charge is 0.243 e. The predicted octanol–water partition coefficient (Wildman–Crippen LogP) is 3.36. The molecule has 1 saturated heterocycles. The van der Waals surface area contributed by atoms with Crippen molar-refractivity contribution >= 4 is 15.9 Å². The number of carbonyl (C=O) groups excluding carboxylic acids is 1. The molecule has 2 aromatic rings. The van der Waals surface area contributed by atoms with E-state index < -0.39 is 10.0 Å². The first kappa shape index (κ1) is 21.3. The van der Waals surface area contributed by atoms with Crippen molar-refractivity contribution in [2.24, 2.45) is 5.92 Å². The second-order valence-corrected chi connectivity index (χ2v) is 9.16. The van der Waals surface area contributed by atoms with Crippen LogP contribution in [0, 0.1) is 5.92 Å². The van der Waals surface area contributed by atoms with Gasteiger partial charge in [-0.05, 0) is 56.5 Å². The Morgan fingerprint density at radius 1 is 1.10 bits per heavy atom. The van der Waals surface area contributed by atoms with E-state index in [4.69, 9.17) is 4.74 Å². The summed E-state index contributed by atoms with van der Waals surface area (Å²) in [6.45, 7) is 5.21. The average molecular weight is 417 g/mol. The molecule has 6 nitrogen and oxygen atoms in total. The van der Waals surface area contributed by atoms with Gasteiger partial charge >= 0.3 is 0 Å². The molecule has 29 heavy (non-hydrogen) atoms. The summed E-state index contributed by atoms with van der Waals surface area (Å²) in [5.74, 6) is 0.604. The molecule has 0 radical (unpaired) electrons. The number of ether oxygens (including phenoxy) is 1. The number of amides is 1. The molecule has 0 aromatic heterocycles. The topological polar surface area (TPSA) is 75.7 Å². The fraction of sp³-hybridized carbons (Fsp3) is 0.409. The Bertz CT molecular complexity index is 906. The molecule has 3 rings (SSSR count). The highest BCUT2D eigenvalue weighted by atomic mass is 32.2. The second-order valence-electron chi connectivity index (χ2n) is 7.22. The largest absolute Gasteiger partial charge is 0.494 e. The van der Waals surface area contributed by atoms with Crippen LogP contribution < -0.4 is 10.1 Å². The van der Waals surface area contributed by atoms with Crippen LogP contribution in [0.3, 0.4) is 0 Å². The first-order chi connectivity index (χ1) is 13.9. The van der Waals surface area contributed by atoms with Crippen LogP contribution in [0.15, 0.2) is 59.5 Å². The molecule has 156 valence electrons. The number of hydrogen-bond acceptors (Lipinski definition) is 4. The van der Waals surface area contributed by atoms with Gasteiger partial charge in [-0.2, -0.15) is 4.31 Å². The summed E-state index contributed by atoms with van der Waals surface area (Å²) >= 11 is 0. The van der Waals surface area contributed by atoms with Crippen LogP contribution >= 0.6 is 0 Å². The van der Waals surface area contributed by atoms with Crippen molar-refractivity contribution < 1.29 is 17.9 Å². The van der Waals surface area contributed by atoms with Gasteiger partial charge in [0.05, 0.1) is 17.5 Å². The van der Waals surface area contributed by atoms with Crippen molar-refractivity contribution in [3.63, 3.8) is 0 Å². The predicted molar refractivity (Wildman–Crippen MR) is 112 cm³/mol. The zero-order valence-corrected chi connectivity index (χ0v) is 17.7. The van der Waals surface area contributed by atoms with Crippen LogP contribution in [0.4, 0.5) is 0 Å². The van der Waals surface area contributed by atoms with Crippen molar-refractivity contribution in [1.82, 2.24) is 9.62 Å². The highest BCUT2D eigenvalue weighted by molar-refractivity contribution is 7.89. The second kappa shape index (κ2) is 9.41. The van der Waals surface area contributed by atoms with Crippen LogP contribution in [0.5, 0.6) is 5.75 Å². The van der Waals surface area contributed by atoms with Crippen molar-refractivity contribution in [2.45, 2.75) is 37.6 Å². The molecule has 1 fully saturated rings. The van der Waals surface area contributed by atoms with E-state index in [2.05, 4.69) is 5.32 Å². The number of carbonyl (C=O) groups is 1. The highest BCUT2D eigenvalue weighted by Crippen LogP contribution is 2.25. The minimum absolute atomic E-state index is 0.0249. The minimum atomic E-state index is -3.50. The number of hydrogen-bond donors (Lipinski definition) is 1. The molecule has 1 atom stereocenters. The molecular weight excluding hydrogens is 388 g/mol. The van der Waals surface area contributed by atoms with E-state index in [-0.39, 0.29) is 17.9 Å². The SMILES string of the molecule is CCOc1ccc([C@@H](C)NC(=O)C2CCN(S(=O)(=O)c3ccccc3)CC2)cc1. The molecule has 0 aliphatic carbocycles. The third kappa shape index (κ3) is 5.16. The average Bonchev–Trinajstić information content (AvgIpc) is 2.75. The number of nitrogens with one attached hydrogen (secondary N) is 1. The summed E-state index contributed by atoms with van der Waals surface area (Å²) < 4.78 is 32.4. The molecule has 0 unspecified atom stereocenters. The first-order valence-electron chi connectivity index (χ1n) is 10.00. The van der Waals surface area contributed by atoms with Crippen LogP contribution in [-0.4, -0.2) is 38.3 Å². The quantitative estimate of drug-likeness (QED) is 0.751. The van der Waals surface area contributed by atoms with Gasteiger partial charge in [-0.25, -0.2) is 8.42 Å². The molecule has 0 bridgehead atoms. The van der Waals surface area contributed by atoms with Crippen molar-refractivity contribution in [1.29, 1.82) is 0 Å². The molecule has 1 heterocycles. The van der Waals surface area contributed by atoms with Gasteiger partial charge in [0.25, 0.3) is 0 Å². The molecule has 2 aromatic carbocycles. The van der Waals surface area contributed by atoms with E-state index in [1.807, 2.05) is 38.1 Å². The lowest BCUT2D eigenvalue weighted by molar-refractivity contribution is -0.126. The van der Waals surface area contributed by atoms with Crippen LogP contribution in [0.1, 0.15) is 38.3 Å². The van der Waals surface area contributed by atoms with E-state index in [1.165, 1.54) is 4.31 Å². The Balaban J connectivity index is 1.54. The van der Waals surface area contributed by atoms with Gasteiger partial charge in [0.1, 0.15) is 5.75 Å². The number of benzene rings is 2. The first-order valence-corrected chi connectivity index (χ1v) is 11.4. The lowest BCUT2D eigenvalue weighted by atomic mass is 9.96. The van der Waals surface area contributed by atoms with Crippen molar-refractivity contribution in [3.8, 4) is 5.75 Å². The summed E-state index contributed by atoms with van der Waals surface area (Å²) in [7, 11) is -3.50. The molecule has 1 aliphatic rings. The molecule has 1 amide bonds. The third-order valence-electron chi connectivity index (χ3n) is 5.26. The Kier molecular flexibility index (Phi) is 6.92. The standard InChI is InChI=1S/C22H28N2O4S/c1-3-28-20-11-9-18(10-12-20)17(2)23-22(25)19-13-15-24(16-14-19)29(26,27)21-7-5-4-6-8-21/h4-12,17,19H,3,13-16H2,1-2H3,(H,23,25)/t17-/m1/s1. The number of nitrogens with zero attached hydrogens (tertiary/aromatic N) is 1. The number of sulfonamides is 1. The molecule has 0 spiro atoms. The van der Waals surface area contributed by atoms with Gasteiger partial charge < -0.3 is 10.1 Å². The van der Waals surface area contributed by atoms with Crippen LogP contribution in [-0.2, 0) is 14.8 Å². The zero-order valence-electron chi connectivity index (χ0n) is 16.9. The normalized spacial score (nSPS) is 16.9. The van der Waals surface area contributed by atoms with E-state index in [0.29, 0.717) is 37.4 Å². The summed E-state index contributed by atoms with van der Waals surface area (Å²) in [6.07, 6.45) is 1.04. The Labute approximate surface area is 172 Å². The molecule has 1 N–H and O–H groups in total. The highest BCUT2D eigenvalue weighted by Gasteiger charge is 2.32. The molecule has 7 heteroatoms. The minimum Gasteiger partial charge on any atom is -0.494 e. The maximum atomic E-state index is 12.7. The van der Waals surface area contributed by atoms with Crippen molar-refractivity contribution in [3.05, 3.63) is 60.2 Å². The molecular formula is C22H28N2O4S. The fourth-order valence-electron chi connectivity index (χ4n) is 3.53. The Morgan fingerprint density at radius 3 is 2.31 bits per heavy atom. The summed E-state index contributed by atoms with van der Waals surface area (Å²) in [6, 6.07) is 16.0. The maximum Gasteiger partial charge on any atom is 0.243 e. The van der Waals surface area contributed by atoms with E-state index in [1.54, 1.807) is 30.3 Å². The van der Waals surface area contributed by atoms with Crippen LogP contribution in [0.2, 0.25) is 0 Å². The molecule has 1 aliphatic heterocycles. The zero-order chi connectivity index (χ0) is 20.9. The van der Waals surface area contributed by atoms with Crippen molar-refractivity contribution in [2.75, 3.05) is 19.7 Å². The van der Waals surface area contributed by atoms with Gasteiger partial charge in [-0.15, -0.1) is 0 Å². The molecule has 0 saturated carbocycles. The van der Waals surface area contributed by atoms with Gasteiger partial charge in [0.2, 0.25) is 15.9 Å². The lowest BCUT2D eigenvalue weighted by Crippen LogP contribution is -2.43.